The highest BCUT2D eigenvalue weighted by atomic mass is 35.5. The molecule has 5 aromatic carbocycles. The van der Waals surface area contributed by atoms with Crippen molar-refractivity contribution in [2.45, 2.75) is 39.9 Å². The summed E-state index contributed by atoms with van der Waals surface area (Å²) in [4.78, 5) is 4.79. The molecule has 0 amide bonds. The van der Waals surface area contributed by atoms with Gasteiger partial charge >= 0.3 is 0 Å². The minimum atomic E-state index is -2.69. The van der Waals surface area contributed by atoms with Gasteiger partial charge in [-0.3, -0.25) is 4.57 Å². The molecule has 0 spiro atoms. The predicted octanol–water partition coefficient (Wildman–Crippen LogP) is 11.4. The number of hydrogen-bond donors (Lipinski definition) is 0. The summed E-state index contributed by atoms with van der Waals surface area (Å²) in [5, 5.41) is 1.87. The lowest BCUT2D eigenvalue weighted by Gasteiger charge is -2.20. The summed E-state index contributed by atoms with van der Waals surface area (Å²) in [6, 6.07) is 34.6. The molecule has 0 N–H and O–H groups in total. The number of halogens is 2. The first-order chi connectivity index (χ1) is 26.0. The first kappa shape index (κ1) is 25.0. The number of benzene rings is 5. The Hall–Kier alpha value is -5.10. The quantitative estimate of drug-likeness (QED) is 0.169. The van der Waals surface area contributed by atoms with Crippen LogP contribution in [0.2, 0.25) is 10.0 Å². The summed E-state index contributed by atoms with van der Waals surface area (Å²) in [7, 11) is 0. The van der Waals surface area contributed by atoms with Gasteiger partial charge in [-0.2, -0.15) is 9.13 Å². The van der Waals surface area contributed by atoms with E-state index in [1.54, 1.807) is 10.9 Å². The topological polar surface area (TPSA) is 35.9 Å². The third-order valence-corrected chi connectivity index (χ3v) is 9.63. The summed E-state index contributed by atoms with van der Waals surface area (Å²) in [6.07, 6.45) is 3.57. The molecule has 0 saturated carbocycles. The number of rotatable bonds is 5. The molecule has 0 atom stereocenters. The molecule has 3 heterocycles. The summed E-state index contributed by atoms with van der Waals surface area (Å²) in [5.74, 6) is 2.02. The smallest absolute Gasteiger partial charge is 0.255 e. The fraction of sp³-hybridized carbons (Fsp3) is 0.143. The van der Waals surface area contributed by atoms with Gasteiger partial charge in [0.05, 0.1) is 21.1 Å². The molecule has 0 radical (unpaired) electrons. The van der Waals surface area contributed by atoms with E-state index < -0.39 is 13.7 Å². The van der Waals surface area contributed by atoms with Gasteiger partial charge in [0.15, 0.2) is 16.7 Å². The molecule has 0 unspecified atom stereocenters. The molecule has 49 heavy (non-hydrogen) atoms. The average molecular weight is 689 g/mol. The Kier molecular flexibility index (Phi) is 6.01. The molecule has 3 aromatic heterocycles. The van der Waals surface area contributed by atoms with Crippen LogP contribution in [0.1, 0.15) is 45.7 Å². The molecule has 8 aromatic rings. The van der Waals surface area contributed by atoms with Gasteiger partial charge in [-0.05, 0) is 90.4 Å². The van der Waals surface area contributed by atoms with E-state index in [9.17, 15) is 0 Å². The summed E-state index contributed by atoms with van der Waals surface area (Å²) >= 11 is 13.6. The largest absolute Gasteiger partial charge is 0.457 e. The molecule has 242 valence electrons. The van der Waals surface area contributed by atoms with Gasteiger partial charge in [0, 0.05) is 37.3 Å². The maximum absolute atomic E-state index is 8.11. The number of ether oxygens (including phenoxy) is 1. The molecule has 0 bridgehead atoms. The van der Waals surface area contributed by atoms with E-state index in [1.165, 1.54) is 5.56 Å². The third-order valence-electron chi connectivity index (χ3n) is 8.87. The van der Waals surface area contributed by atoms with Crippen molar-refractivity contribution in [1.82, 2.24) is 14.1 Å². The Bertz CT molecular complexity index is 2760. The minimum Gasteiger partial charge on any atom is -0.457 e. The normalized spacial score (nSPS) is 14.3. The van der Waals surface area contributed by atoms with Crippen LogP contribution in [0, 0.1) is 13.7 Å². The maximum atomic E-state index is 8.11. The highest BCUT2D eigenvalue weighted by Gasteiger charge is 2.25. The molecule has 0 aliphatic rings. The van der Waals surface area contributed by atoms with Crippen LogP contribution < -0.4 is 9.30 Å². The van der Waals surface area contributed by atoms with Crippen molar-refractivity contribution in [3.05, 3.63) is 148 Å². The zero-order valence-corrected chi connectivity index (χ0v) is 28.5. The van der Waals surface area contributed by atoms with Crippen LogP contribution in [0.15, 0.2) is 122 Å². The Labute approximate surface area is 304 Å². The second kappa shape index (κ2) is 11.8. The van der Waals surface area contributed by atoms with E-state index in [2.05, 4.69) is 55.7 Å². The second-order valence-electron chi connectivity index (χ2n) is 13.1. The number of pyridine rings is 1. The number of hydrogen-bond acceptors (Lipinski definition) is 2. The molecule has 0 saturated heterocycles. The Balaban J connectivity index is 1.23. The molecule has 0 fully saturated rings. The van der Waals surface area contributed by atoms with Crippen LogP contribution >= 0.6 is 23.2 Å². The van der Waals surface area contributed by atoms with E-state index >= 15 is 0 Å². The van der Waals surface area contributed by atoms with Gasteiger partial charge in [0.25, 0.3) is 6.33 Å². The van der Waals surface area contributed by atoms with E-state index in [1.807, 2.05) is 83.6 Å². The predicted molar refractivity (Wildman–Crippen MR) is 202 cm³/mol. The van der Waals surface area contributed by atoms with Crippen molar-refractivity contribution < 1.29 is 17.5 Å². The van der Waals surface area contributed by atoms with E-state index in [0.29, 0.717) is 17.0 Å². The van der Waals surface area contributed by atoms with Crippen molar-refractivity contribution in [3.63, 3.8) is 0 Å². The Morgan fingerprint density at radius 1 is 0.714 bits per heavy atom. The zero-order valence-electron chi connectivity index (χ0n) is 33.0. The van der Waals surface area contributed by atoms with Crippen molar-refractivity contribution >= 4 is 56.0 Å². The van der Waals surface area contributed by atoms with Crippen LogP contribution in [0.5, 0.6) is 11.5 Å². The highest BCUT2D eigenvalue weighted by Crippen LogP contribution is 2.37. The molecule has 5 nitrogen and oxygen atoms in total. The molecule has 0 aliphatic carbocycles. The maximum Gasteiger partial charge on any atom is 0.255 e. The van der Waals surface area contributed by atoms with Gasteiger partial charge in [-0.25, -0.2) is 4.98 Å². The van der Waals surface area contributed by atoms with Gasteiger partial charge in [-0.1, -0.05) is 86.4 Å². The van der Waals surface area contributed by atoms with Crippen molar-refractivity contribution in [2.24, 2.45) is 0 Å². The van der Waals surface area contributed by atoms with E-state index in [-0.39, 0.29) is 32.3 Å². The minimum absolute atomic E-state index is 0.0545. The van der Waals surface area contributed by atoms with Gasteiger partial charge < -0.3 is 4.74 Å². The fourth-order valence-corrected chi connectivity index (χ4v) is 6.96. The van der Waals surface area contributed by atoms with Crippen LogP contribution in [0.4, 0.5) is 0 Å². The van der Waals surface area contributed by atoms with Crippen LogP contribution in [-0.2, 0) is 5.41 Å². The van der Waals surface area contributed by atoms with Crippen molar-refractivity contribution in [3.8, 4) is 28.7 Å². The van der Waals surface area contributed by atoms with E-state index in [4.69, 9.17) is 41.1 Å². The molecule has 8 rings (SSSR count). The Morgan fingerprint density at radius 2 is 1.43 bits per heavy atom. The fourth-order valence-electron chi connectivity index (χ4n) is 6.43. The number of aromatic nitrogens is 4. The van der Waals surface area contributed by atoms with Crippen molar-refractivity contribution in [1.29, 1.82) is 0 Å². The highest BCUT2D eigenvalue weighted by molar-refractivity contribution is 6.38. The number of nitrogens with zero attached hydrogens (tertiary/aromatic N) is 4. The summed E-state index contributed by atoms with van der Waals surface area (Å²) in [6.45, 7) is 1.18. The van der Waals surface area contributed by atoms with Crippen LogP contribution in [0.25, 0.3) is 50.0 Å². The van der Waals surface area contributed by atoms with Crippen molar-refractivity contribution in [2.75, 3.05) is 0 Å². The SMILES string of the molecule is [2H]C([2H])([2H])c1cc(C([2H])([2H])[2H])c(Cl)c(-[n+]2cn(-c3cccc(Oc4ccc5c6ccccc6n(-c6cc(C(C)(C)C)ccn6)c5c4)c3)c3ccccc32)c1Cl. The third kappa shape index (κ3) is 5.34. The Morgan fingerprint density at radius 3 is 2.20 bits per heavy atom. The summed E-state index contributed by atoms with van der Waals surface area (Å²) in [5.41, 5.74) is 4.67. The zero-order chi connectivity index (χ0) is 39.0. The summed E-state index contributed by atoms with van der Waals surface area (Å²) < 4.78 is 60.9. The molecule has 0 aliphatic heterocycles. The monoisotopic (exact) mass is 687 g/mol. The van der Waals surface area contributed by atoms with Gasteiger partial charge in [0.1, 0.15) is 23.0 Å². The van der Waals surface area contributed by atoms with Crippen LogP contribution in [0.3, 0.4) is 0 Å². The first-order valence-corrected chi connectivity index (χ1v) is 16.6. The van der Waals surface area contributed by atoms with Crippen LogP contribution in [-0.4, -0.2) is 14.1 Å². The first-order valence-electron chi connectivity index (χ1n) is 18.8. The molecular weight excluding hydrogens is 647 g/mol. The standard InChI is InChI=1S/C42H35Cl2N4O/c1-26-21-27(2)40(44)41(39(26)43)47-25-46(35-15-8-9-16-36(35)47)29-11-10-12-30(23-29)49-31-17-18-33-32-13-6-7-14-34(32)48(37(33)24-31)38-22-28(19-20-45-38)42(3,4)5/h6-25H,1-5H3/q+1/i1D3,2D3. The lowest BCUT2D eigenvalue weighted by atomic mass is 9.88. The lowest BCUT2D eigenvalue weighted by Crippen LogP contribution is -2.30. The molecular formula is C42H35Cl2N4O+. The van der Waals surface area contributed by atoms with E-state index in [0.717, 1.165) is 44.9 Å². The number of imidazole rings is 1. The number of aryl methyl sites for hydroxylation is 2. The van der Waals surface area contributed by atoms with Gasteiger partial charge in [-0.15, -0.1) is 0 Å². The average Bonchev–Trinajstić information content (AvgIpc) is 3.66. The van der Waals surface area contributed by atoms with Gasteiger partial charge in [0.2, 0.25) is 0 Å². The number of fused-ring (bicyclic) bond motifs is 4. The number of para-hydroxylation sites is 3. The second-order valence-corrected chi connectivity index (χ2v) is 13.8. The molecule has 7 heteroatoms. The lowest BCUT2D eigenvalue weighted by molar-refractivity contribution is -0.567.